The van der Waals surface area contributed by atoms with E-state index in [1.807, 2.05) is 25.1 Å². The molecule has 2 heterocycles. The molecule has 4 rings (SSSR count). The van der Waals surface area contributed by atoms with Gasteiger partial charge in [0.25, 0.3) is 0 Å². The Hall–Kier alpha value is -2.44. The molecule has 2 aliphatic rings. The first-order valence-electron chi connectivity index (χ1n) is 13.5. The number of pyridine rings is 1. The lowest BCUT2D eigenvalue weighted by atomic mass is 10.0. The minimum atomic E-state index is 0.0725. The van der Waals surface area contributed by atoms with Crippen LogP contribution in [0.5, 0.6) is 5.75 Å². The number of hydrogen-bond acceptors (Lipinski definition) is 5. The van der Waals surface area contributed by atoms with Gasteiger partial charge in [-0.25, -0.2) is 0 Å². The van der Waals surface area contributed by atoms with Crippen LogP contribution in [0.1, 0.15) is 56.8 Å². The SMILES string of the molecule is CCOc1ccc(-c2ccc(CC(=O)NCCCC3CCCC3)nc2CN2CCN(C)CC2)cc1. The maximum absolute atomic E-state index is 12.6. The second-order valence-corrected chi connectivity index (χ2v) is 10.2. The van der Waals surface area contributed by atoms with Gasteiger partial charge >= 0.3 is 0 Å². The Kier molecular flexibility index (Phi) is 9.55. The third-order valence-corrected chi connectivity index (χ3v) is 7.41. The number of rotatable bonds is 11. The molecule has 1 aliphatic carbocycles. The Bertz CT molecular complexity index is 932. The van der Waals surface area contributed by atoms with Crippen molar-refractivity contribution in [1.29, 1.82) is 0 Å². The third kappa shape index (κ3) is 7.77. The zero-order valence-corrected chi connectivity index (χ0v) is 21.6. The second-order valence-electron chi connectivity index (χ2n) is 10.2. The molecule has 2 fully saturated rings. The summed E-state index contributed by atoms with van der Waals surface area (Å²) in [6.45, 7) is 8.44. The summed E-state index contributed by atoms with van der Waals surface area (Å²) < 4.78 is 5.62. The topological polar surface area (TPSA) is 57.7 Å². The molecule has 1 N–H and O–H groups in total. The predicted octanol–water partition coefficient (Wildman–Crippen LogP) is 4.52. The highest BCUT2D eigenvalue weighted by Crippen LogP contribution is 2.28. The van der Waals surface area contributed by atoms with Crippen molar-refractivity contribution in [2.24, 2.45) is 5.92 Å². The van der Waals surface area contributed by atoms with Crippen LogP contribution in [0.2, 0.25) is 0 Å². The molecular weight excluding hydrogens is 436 g/mol. The van der Waals surface area contributed by atoms with Crippen LogP contribution in [-0.2, 0) is 17.8 Å². The second kappa shape index (κ2) is 13.0. The molecule has 1 aromatic heterocycles. The molecule has 1 amide bonds. The summed E-state index contributed by atoms with van der Waals surface area (Å²) in [6.07, 6.45) is 8.16. The van der Waals surface area contributed by atoms with Gasteiger partial charge in [-0.1, -0.05) is 43.9 Å². The molecule has 2 aromatic rings. The van der Waals surface area contributed by atoms with Gasteiger partial charge in [0.05, 0.1) is 24.4 Å². The first-order valence-corrected chi connectivity index (χ1v) is 13.5. The first-order chi connectivity index (χ1) is 17.1. The lowest BCUT2D eigenvalue weighted by molar-refractivity contribution is -0.120. The number of benzene rings is 1. The molecule has 0 atom stereocenters. The molecule has 35 heavy (non-hydrogen) atoms. The largest absolute Gasteiger partial charge is 0.494 e. The van der Waals surface area contributed by atoms with Crippen LogP contribution in [-0.4, -0.2) is 67.1 Å². The van der Waals surface area contributed by atoms with E-state index < -0.39 is 0 Å². The Labute approximate surface area is 211 Å². The summed E-state index contributed by atoms with van der Waals surface area (Å²) >= 11 is 0. The summed E-state index contributed by atoms with van der Waals surface area (Å²) in [7, 11) is 2.17. The van der Waals surface area contributed by atoms with Gasteiger partial charge in [-0.3, -0.25) is 14.7 Å². The Morgan fingerprint density at radius 3 is 2.51 bits per heavy atom. The monoisotopic (exact) mass is 478 g/mol. The number of likely N-dealkylation sites (N-methyl/N-ethyl adjacent to an activating group) is 1. The van der Waals surface area contributed by atoms with Gasteiger partial charge in [-0.2, -0.15) is 0 Å². The van der Waals surface area contributed by atoms with Crippen molar-refractivity contribution in [3.05, 3.63) is 47.8 Å². The average Bonchev–Trinajstić information content (AvgIpc) is 3.38. The van der Waals surface area contributed by atoms with E-state index in [0.717, 1.165) is 79.9 Å². The van der Waals surface area contributed by atoms with Crippen molar-refractivity contribution >= 4 is 5.91 Å². The predicted molar refractivity (Wildman–Crippen MR) is 142 cm³/mol. The summed E-state index contributed by atoms with van der Waals surface area (Å²) in [6, 6.07) is 12.4. The lowest BCUT2D eigenvalue weighted by Gasteiger charge is -2.32. The number of hydrogen-bond donors (Lipinski definition) is 1. The molecule has 1 aliphatic heterocycles. The number of amides is 1. The van der Waals surface area contributed by atoms with Crippen molar-refractivity contribution in [3.8, 4) is 16.9 Å². The number of nitrogens with one attached hydrogen (secondary N) is 1. The maximum Gasteiger partial charge on any atom is 0.226 e. The van der Waals surface area contributed by atoms with Crippen LogP contribution >= 0.6 is 0 Å². The standard InChI is InChI=1S/C29H42N4O2/c1-3-35-26-13-10-24(11-14-26)27-15-12-25(31-28(27)22-33-19-17-32(2)18-20-33)21-29(34)30-16-6-9-23-7-4-5-8-23/h10-15,23H,3-9,16-22H2,1-2H3,(H,30,34). The fourth-order valence-electron chi connectivity index (χ4n) is 5.29. The lowest BCUT2D eigenvalue weighted by Crippen LogP contribution is -2.44. The van der Waals surface area contributed by atoms with E-state index in [1.165, 1.54) is 32.1 Å². The highest BCUT2D eigenvalue weighted by Gasteiger charge is 2.18. The van der Waals surface area contributed by atoms with Crippen LogP contribution in [0.25, 0.3) is 11.1 Å². The van der Waals surface area contributed by atoms with Crippen LogP contribution in [0.4, 0.5) is 0 Å². The van der Waals surface area contributed by atoms with Gasteiger partial charge in [0.15, 0.2) is 0 Å². The average molecular weight is 479 g/mol. The van der Waals surface area contributed by atoms with Gasteiger partial charge in [-0.05, 0) is 56.5 Å². The fourth-order valence-corrected chi connectivity index (χ4v) is 5.29. The van der Waals surface area contributed by atoms with Crippen LogP contribution in [0.3, 0.4) is 0 Å². The number of carbonyl (C=O) groups is 1. The fraction of sp³-hybridized carbons (Fsp3) is 0.586. The number of piperazine rings is 1. The maximum atomic E-state index is 12.6. The molecule has 6 heteroatoms. The minimum absolute atomic E-state index is 0.0725. The summed E-state index contributed by atoms with van der Waals surface area (Å²) in [5, 5.41) is 3.12. The van der Waals surface area contributed by atoms with E-state index in [2.05, 4.69) is 40.4 Å². The Balaban J connectivity index is 1.41. The Morgan fingerprint density at radius 2 is 1.80 bits per heavy atom. The van der Waals surface area contributed by atoms with E-state index in [-0.39, 0.29) is 5.91 Å². The van der Waals surface area contributed by atoms with Crippen molar-refractivity contribution in [1.82, 2.24) is 20.1 Å². The van der Waals surface area contributed by atoms with Crippen molar-refractivity contribution in [2.75, 3.05) is 46.4 Å². The van der Waals surface area contributed by atoms with Crippen LogP contribution < -0.4 is 10.1 Å². The zero-order valence-electron chi connectivity index (χ0n) is 21.6. The number of nitrogens with zero attached hydrogens (tertiary/aromatic N) is 3. The third-order valence-electron chi connectivity index (χ3n) is 7.41. The van der Waals surface area contributed by atoms with Gasteiger partial charge in [0.2, 0.25) is 5.91 Å². The van der Waals surface area contributed by atoms with Crippen molar-refractivity contribution in [3.63, 3.8) is 0 Å². The molecule has 0 unspecified atom stereocenters. The molecule has 1 saturated carbocycles. The highest BCUT2D eigenvalue weighted by atomic mass is 16.5. The molecular formula is C29H42N4O2. The van der Waals surface area contributed by atoms with E-state index in [0.29, 0.717) is 13.0 Å². The molecule has 0 bridgehead atoms. The normalized spacial score (nSPS) is 17.5. The van der Waals surface area contributed by atoms with E-state index in [4.69, 9.17) is 9.72 Å². The number of ether oxygens (including phenoxy) is 1. The van der Waals surface area contributed by atoms with E-state index in [1.54, 1.807) is 0 Å². The summed E-state index contributed by atoms with van der Waals surface area (Å²) in [5.74, 6) is 1.83. The van der Waals surface area contributed by atoms with E-state index >= 15 is 0 Å². The molecule has 1 aromatic carbocycles. The summed E-state index contributed by atoms with van der Waals surface area (Å²) in [4.78, 5) is 22.5. The quantitative estimate of drug-likeness (QED) is 0.481. The smallest absolute Gasteiger partial charge is 0.226 e. The highest BCUT2D eigenvalue weighted by molar-refractivity contribution is 5.78. The summed E-state index contributed by atoms with van der Waals surface area (Å²) in [5.41, 5.74) is 4.16. The van der Waals surface area contributed by atoms with Gasteiger partial charge in [0, 0.05) is 44.8 Å². The van der Waals surface area contributed by atoms with Crippen molar-refractivity contribution in [2.45, 2.75) is 58.4 Å². The zero-order chi connectivity index (χ0) is 24.5. The molecule has 190 valence electrons. The first kappa shape index (κ1) is 25.6. The Morgan fingerprint density at radius 1 is 1.06 bits per heavy atom. The molecule has 0 radical (unpaired) electrons. The van der Waals surface area contributed by atoms with Gasteiger partial charge in [0.1, 0.15) is 5.75 Å². The molecule has 6 nitrogen and oxygen atoms in total. The molecule has 0 spiro atoms. The molecule has 1 saturated heterocycles. The number of carbonyl (C=O) groups excluding carboxylic acids is 1. The van der Waals surface area contributed by atoms with Crippen LogP contribution in [0, 0.1) is 5.92 Å². The van der Waals surface area contributed by atoms with Gasteiger partial charge < -0.3 is 15.0 Å². The van der Waals surface area contributed by atoms with Crippen molar-refractivity contribution < 1.29 is 9.53 Å². The number of aromatic nitrogens is 1. The van der Waals surface area contributed by atoms with E-state index in [9.17, 15) is 4.79 Å². The van der Waals surface area contributed by atoms with Crippen LogP contribution in [0.15, 0.2) is 36.4 Å². The van der Waals surface area contributed by atoms with Gasteiger partial charge in [-0.15, -0.1) is 0 Å². The minimum Gasteiger partial charge on any atom is -0.494 e.